The molecule has 0 saturated carbocycles. The molecule has 1 amide bonds. The molecule has 5 nitrogen and oxygen atoms in total. The SMILES string of the molecule is CCC(C)(NC(=O)CCOc1cccc(F)c1)C(=O)O. The fraction of sp³-hybridized carbons (Fsp3) is 0.429. The van der Waals surface area contributed by atoms with Crippen LogP contribution in [0.1, 0.15) is 26.7 Å². The molecule has 0 spiro atoms. The third kappa shape index (κ3) is 4.53. The van der Waals surface area contributed by atoms with Gasteiger partial charge in [0, 0.05) is 6.07 Å². The van der Waals surface area contributed by atoms with E-state index < -0.39 is 23.2 Å². The molecule has 0 radical (unpaired) electrons. The minimum Gasteiger partial charge on any atom is -0.493 e. The van der Waals surface area contributed by atoms with Crippen molar-refractivity contribution in [3.63, 3.8) is 0 Å². The van der Waals surface area contributed by atoms with Crippen molar-refractivity contribution in [3.05, 3.63) is 30.1 Å². The van der Waals surface area contributed by atoms with Gasteiger partial charge in [-0.3, -0.25) is 4.79 Å². The fourth-order valence-corrected chi connectivity index (χ4v) is 1.48. The molecule has 1 aromatic carbocycles. The number of hydrogen-bond donors (Lipinski definition) is 2. The Morgan fingerprint density at radius 2 is 2.15 bits per heavy atom. The Bertz CT molecular complexity index is 492. The van der Waals surface area contributed by atoms with Gasteiger partial charge in [-0.1, -0.05) is 13.0 Å². The van der Waals surface area contributed by atoms with Crippen LogP contribution in [0.3, 0.4) is 0 Å². The van der Waals surface area contributed by atoms with E-state index in [4.69, 9.17) is 9.84 Å². The highest BCUT2D eigenvalue weighted by Gasteiger charge is 2.32. The van der Waals surface area contributed by atoms with Crippen LogP contribution in [0.4, 0.5) is 4.39 Å². The predicted molar refractivity (Wildman–Crippen MR) is 71.0 cm³/mol. The van der Waals surface area contributed by atoms with Crippen LogP contribution in [0.15, 0.2) is 24.3 Å². The first-order valence-corrected chi connectivity index (χ1v) is 6.30. The Labute approximate surface area is 116 Å². The van der Waals surface area contributed by atoms with Gasteiger partial charge in [-0.25, -0.2) is 9.18 Å². The maximum absolute atomic E-state index is 12.9. The molecule has 2 N–H and O–H groups in total. The maximum Gasteiger partial charge on any atom is 0.329 e. The molecule has 0 aliphatic rings. The van der Waals surface area contributed by atoms with Gasteiger partial charge in [0.25, 0.3) is 0 Å². The highest BCUT2D eigenvalue weighted by atomic mass is 19.1. The van der Waals surface area contributed by atoms with Crippen LogP contribution in [0.5, 0.6) is 5.75 Å². The molecule has 0 bridgehead atoms. The lowest BCUT2D eigenvalue weighted by Gasteiger charge is -2.24. The fourth-order valence-electron chi connectivity index (χ4n) is 1.48. The van der Waals surface area contributed by atoms with Crippen LogP contribution in [0.25, 0.3) is 0 Å². The number of ether oxygens (including phenoxy) is 1. The second kappa shape index (κ2) is 6.88. The van der Waals surface area contributed by atoms with Crippen LogP contribution in [0, 0.1) is 5.82 Å². The molecule has 1 aromatic rings. The standard InChI is InChI=1S/C14H18FNO4/c1-3-14(2,13(18)19)16-12(17)7-8-20-11-6-4-5-10(15)9-11/h4-6,9H,3,7-8H2,1-2H3,(H,16,17)(H,18,19). The summed E-state index contributed by atoms with van der Waals surface area (Å²) in [5, 5.41) is 11.5. The van der Waals surface area contributed by atoms with Gasteiger partial charge in [0.1, 0.15) is 17.1 Å². The molecule has 0 aliphatic carbocycles. The van der Waals surface area contributed by atoms with Gasteiger partial charge in [0.15, 0.2) is 0 Å². The zero-order valence-corrected chi connectivity index (χ0v) is 11.5. The first kappa shape index (κ1) is 15.9. The molecular formula is C14H18FNO4. The van der Waals surface area contributed by atoms with Crippen molar-refractivity contribution in [1.82, 2.24) is 5.32 Å². The summed E-state index contributed by atoms with van der Waals surface area (Å²) in [6.07, 6.45) is 0.276. The molecule has 1 rings (SSSR count). The quantitative estimate of drug-likeness (QED) is 0.802. The Hall–Kier alpha value is -2.11. The molecule has 0 fully saturated rings. The number of aliphatic carboxylic acids is 1. The van der Waals surface area contributed by atoms with Gasteiger partial charge in [0.05, 0.1) is 13.0 Å². The second-order valence-electron chi connectivity index (χ2n) is 4.59. The van der Waals surface area contributed by atoms with Crippen molar-refractivity contribution in [2.45, 2.75) is 32.2 Å². The highest BCUT2D eigenvalue weighted by molar-refractivity contribution is 5.86. The number of halogens is 1. The average molecular weight is 283 g/mol. The number of amides is 1. The van der Waals surface area contributed by atoms with E-state index in [-0.39, 0.29) is 19.4 Å². The van der Waals surface area contributed by atoms with E-state index in [1.807, 2.05) is 0 Å². The summed E-state index contributed by atoms with van der Waals surface area (Å²) >= 11 is 0. The number of carbonyl (C=O) groups excluding carboxylic acids is 1. The van der Waals surface area contributed by atoms with Crippen LogP contribution < -0.4 is 10.1 Å². The topological polar surface area (TPSA) is 75.6 Å². The maximum atomic E-state index is 12.9. The van der Waals surface area contributed by atoms with Gasteiger partial charge in [-0.05, 0) is 25.5 Å². The van der Waals surface area contributed by atoms with Crippen LogP contribution in [0.2, 0.25) is 0 Å². The van der Waals surface area contributed by atoms with Crippen LogP contribution in [-0.2, 0) is 9.59 Å². The predicted octanol–water partition coefficient (Wildman–Crippen LogP) is 1.96. The zero-order valence-electron chi connectivity index (χ0n) is 11.5. The summed E-state index contributed by atoms with van der Waals surface area (Å²) in [5.74, 6) is -1.60. The Balaban J connectivity index is 2.42. The molecule has 0 heterocycles. The normalized spacial score (nSPS) is 13.3. The van der Waals surface area contributed by atoms with E-state index in [0.29, 0.717) is 5.75 Å². The largest absolute Gasteiger partial charge is 0.493 e. The minimum absolute atomic E-state index is 0.000612. The van der Waals surface area contributed by atoms with Crippen molar-refractivity contribution in [1.29, 1.82) is 0 Å². The smallest absolute Gasteiger partial charge is 0.329 e. The van der Waals surface area contributed by atoms with Crippen molar-refractivity contribution in [2.75, 3.05) is 6.61 Å². The molecule has 0 aliphatic heterocycles. The van der Waals surface area contributed by atoms with E-state index in [9.17, 15) is 14.0 Å². The van der Waals surface area contributed by atoms with E-state index in [2.05, 4.69) is 5.32 Å². The Morgan fingerprint density at radius 3 is 2.70 bits per heavy atom. The van der Waals surface area contributed by atoms with E-state index >= 15 is 0 Å². The highest BCUT2D eigenvalue weighted by Crippen LogP contribution is 2.13. The van der Waals surface area contributed by atoms with Gasteiger partial charge < -0.3 is 15.2 Å². The summed E-state index contributed by atoms with van der Waals surface area (Å²) < 4.78 is 18.1. The second-order valence-corrected chi connectivity index (χ2v) is 4.59. The van der Waals surface area contributed by atoms with Crippen molar-refractivity contribution < 1.29 is 23.8 Å². The average Bonchev–Trinajstić information content (AvgIpc) is 2.38. The van der Waals surface area contributed by atoms with Gasteiger partial charge in [0.2, 0.25) is 5.91 Å². The van der Waals surface area contributed by atoms with Crippen molar-refractivity contribution in [3.8, 4) is 5.75 Å². The number of nitrogens with one attached hydrogen (secondary N) is 1. The van der Waals surface area contributed by atoms with Crippen LogP contribution in [-0.4, -0.2) is 29.1 Å². The van der Waals surface area contributed by atoms with Crippen molar-refractivity contribution >= 4 is 11.9 Å². The third-order valence-corrected chi connectivity index (χ3v) is 2.99. The van der Waals surface area contributed by atoms with Gasteiger partial charge in [-0.2, -0.15) is 0 Å². The molecule has 6 heteroatoms. The number of carbonyl (C=O) groups is 2. The summed E-state index contributed by atoms with van der Waals surface area (Å²) in [6, 6.07) is 5.59. The van der Waals surface area contributed by atoms with E-state index in [1.54, 1.807) is 13.0 Å². The number of rotatable bonds is 7. The minimum atomic E-state index is -1.28. The number of carboxylic acids is 1. The first-order valence-electron chi connectivity index (χ1n) is 6.30. The Kier molecular flexibility index (Phi) is 5.49. The molecule has 1 unspecified atom stereocenters. The summed E-state index contributed by atoms with van der Waals surface area (Å²) in [5.41, 5.74) is -1.28. The zero-order chi connectivity index (χ0) is 15.2. The van der Waals surface area contributed by atoms with Crippen LogP contribution >= 0.6 is 0 Å². The molecular weight excluding hydrogens is 265 g/mol. The monoisotopic (exact) mass is 283 g/mol. The first-order chi connectivity index (χ1) is 9.37. The molecule has 0 saturated heterocycles. The van der Waals surface area contributed by atoms with E-state index in [1.165, 1.54) is 25.1 Å². The lowest BCUT2D eigenvalue weighted by molar-refractivity contribution is -0.147. The van der Waals surface area contributed by atoms with Gasteiger partial charge in [-0.15, -0.1) is 0 Å². The number of hydrogen-bond acceptors (Lipinski definition) is 3. The lowest BCUT2D eigenvalue weighted by Crippen LogP contribution is -2.51. The summed E-state index contributed by atoms with van der Waals surface area (Å²) in [4.78, 5) is 22.7. The molecule has 1 atom stereocenters. The Morgan fingerprint density at radius 1 is 1.45 bits per heavy atom. The number of carboxylic acid groups (broad SMARTS) is 1. The molecule has 20 heavy (non-hydrogen) atoms. The van der Waals surface area contributed by atoms with Gasteiger partial charge >= 0.3 is 5.97 Å². The van der Waals surface area contributed by atoms with Crippen molar-refractivity contribution in [2.24, 2.45) is 0 Å². The lowest BCUT2D eigenvalue weighted by atomic mass is 9.99. The number of benzene rings is 1. The summed E-state index contributed by atoms with van der Waals surface area (Å²) in [6.45, 7) is 3.17. The third-order valence-electron chi connectivity index (χ3n) is 2.99. The van der Waals surface area contributed by atoms with E-state index in [0.717, 1.165) is 0 Å². The summed E-state index contributed by atoms with van der Waals surface area (Å²) in [7, 11) is 0. The molecule has 110 valence electrons. The molecule has 0 aromatic heterocycles.